The van der Waals surface area contributed by atoms with Crippen LogP contribution in [0.4, 0.5) is 11.4 Å². The number of esters is 1. The van der Waals surface area contributed by atoms with E-state index in [2.05, 4.69) is 0 Å². The van der Waals surface area contributed by atoms with Crippen LogP contribution in [-0.2, 0) is 14.3 Å². The molecule has 0 spiro atoms. The predicted octanol–water partition coefficient (Wildman–Crippen LogP) is 4.78. The lowest BCUT2D eigenvalue weighted by molar-refractivity contribution is -0.132. The SMILES string of the molecule is COC(=O)c1ccc(N2C(=O)C(=O)/C(=C(/O)c3cc(C)ccc3C)C2c2ccc(N(C)C)cc2)cc1. The summed E-state index contributed by atoms with van der Waals surface area (Å²) in [5.74, 6) is -2.25. The van der Waals surface area contributed by atoms with Crippen molar-refractivity contribution in [1.29, 1.82) is 0 Å². The molecule has 1 heterocycles. The number of carbonyl (C=O) groups is 3. The van der Waals surface area contributed by atoms with Crippen molar-refractivity contribution >= 4 is 34.8 Å². The first-order chi connectivity index (χ1) is 17.1. The van der Waals surface area contributed by atoms with Gasteiger partial charge in [0.15, 0.2) is 0 Å². The lowest BCUT2D eigenvalue weighted by Crippen LogP contribution is -2.29. The number of amides is 1. The number of ether oxygens (including phenoxy) is 1. The maximum Gasteiger partial charge on any atom is 0.337 e. The van der Waals surface area contributed by atoms with Gasteiger partial charge in [-0.2, -0.15) is 0 Å². The van der Waals surface area contributed by atoms with Gasteiger partial charge in [0, 0.05) is 31.0 Å². The second kappa shape index (κ2) is 9.70. The number of ketones is 1. The molecule has 0 saturated carbocycles. The number of carbonyl (C=O) groups excluding carboxylic acids is 3. The number of aliphatic hydroxyl groups excluding tert-OH is 1. The molecule has 184 valence electrons. The van der Waals surface area contributed by atoms with Gasteiger partial charge in [0.2, 0.25) is 0 Å². The molecule has 1 aliphatic heterocycles. The van der Waals surface area contributed by atoms with Crippen LogP contribution in [0.25, 0.3) is 5.76 Å². The minimum Gasteiger partial charge on any atom is -0.507 e. The summed E-state index contributed by atoms with van der Waals surface area (Å²) in [6.07, 6.45) is 0. The maximum absolute atomic E-state index is 13.4. The van der Waals surface area contributed by atoms with E-state index in [9.17, 15) is 19.5 Å². The molecular weight excluding hydrogens is 456 g/mol. The van der Waals surface area contributed by atoms with Gasteiger partial charge in [-0.1, -0.05) is 29.8 Å². The Morgan fingerprint density at radius 1 is 0.944 bits per heavy atom. The summed E-state index contributed by atoms with van der Waals surface area (Å²) in [7, 11) is 5.13. The van der Waals surface area contributed by atoms with Crippen molar-refractivity contribution < 1.29 is 24.2 Å². The van der Waals surface area contributed by atoms with E-state index < -0.39 is 23.7 Å². The smallest absolute Gasteiger partial charge is 0.337 e. The van der Waals surface area contributed by atoms with Crippen molar-refractivity contribution in [2.75, 3.05) is 31.0 Å². The van der Waals surface area contributed by atoms with E-state index in [0.29, 0.717) is 22.4 Å². The fraction of sp³-hybridized carbons (Fsp3) is 0.207. The highest BCUT2D eigenvalue weighted by Gasteiger charge is 2.47. The van der Waals surface area contributed by atoms with Gasteiger partial charge in [-0.25, -0.2) is 4.79 Å². The number of anilines is 2. The third kappa shape index (κ3) is 4.35. The molecular formula is C29H28N2O5. The number of benzene rings is 3. The Labute approximate surface area is 210 Å². The standard InChI is InChI=1S/C29H28N2O5/c1-17-6-7-18(2)23(16-17)26(32)24-25(19-8-12-21(13-9-19)30(3)4)31(28(34)27(24)33)22-14-10-20(11-15-22)29(35)36-5/h6-16,25,32H,1-5H3/b26-24+. The van der Waals surface area contributed by atoms with Crippen LogP contribution in [0.1, 0.15) is 38.7 Å². The van der Waals surface area contributed by atoms with Crippen LogP contribution < -0.4 is 9.80 Å². The Hall–Kier alpha value is -4.39. The average molecular weight is 485 g/mol. The van der Waals surface area contributed by atoms with Crippen molar-refractivity contribution in [3.05, 3.63) is 100 Å². The van der Waals surface area contributed by atoms with Crippen LogP contribution in [0.5, 0.6) is 0 Å². The van der Waals surface area contributed by atoms with Crippen LogP contribution in [0.2, 0.25) is 0 Å². The number of hydrogen-bond donors (Lipinski definition) is 1. The first-order valence-corrected chi connectivity index (χ1v) is 11.5. The van der Waals surface area contributed by atoms with E-state index in [-0.39, 0.29) is 11.3 Å². The van der Waals surface area contributed by atoms with Gasteiger partial charge in [0.25, 0.3) is 11.7 Å². The Kier molecular flexibility index (Phi) is 6.66. The third-order valence-electron chi connectivity index (χ3n) is 6.38. The normalized spacial score (nSPS) is 16.8. The minimum atomic E-state index is -0.856. The molecule has 1 N–H and O–H groups in total. The van der Waals surface area contributed by atoms with Gasteiger partial charge in [-0.15, -0.1) is 0 Å². The summed E-state index contributed by atoms with van der Waals surface area (Å²) in [4.78, 5) is 42.0. The molecule has 36 heavy (non-hydrogen) atoms. The number of nitrogens with zero attached hydrogens (tertiary/aromatic N) is 2. The van der Waals surface area contributed by atoms with Crippen LogP contribution in [0, 0.1) is 13.8 Å². The number of hydrogen-bond acceptors (Lipinski definition) is 6. The van der Waals surface area contributed by atoms with E-state index in [1.54, 1.807) is 18.2 Å². The third-order valence-corrected chi connectivity index (χ3v) is 6.38. The van der Waals surface area contributed by atoms with Gasteiger partial charge < -0.3 is 14.7 Å². The summed E-state index contributed by atoms with van der Waals surface area (Å²) in [5, 5.41) is 11.4. The zero-order chi connectivity index (χ0) is 26.1. The molecule has 7 nitrogen and oxygen atoms in total. The second-order valence-corrected chi connectivity index (χ2v) is 9.01. The molecule has 1 fully saturated rings. The predicted molar refractivity (Wildman–Crippen MR) is 139 cm³/mol. The molecule has 3 aromatic rings. The fourth-order valence-corrected chi connectivity index (χ4v) is 4.38. The molecule has 1 unspecified atom stereocenters. The summed E-state index contributed by atoms with van der Waals surface area (Å²) in [6, 6.07) is 18.5. The zero-order valence-electron chi connectivity index (χ0n) is 20.9. The Balaban J connectivity index is 1.92. The molecule has 3 aromatic carbocycles. The second-order valence-electron chi connectivity index (χ2n) is 9.01. The van der Waals surface area contributed by atoms with Crippen molar-refractivity contribution in [1.82, 2.24) is 0 Å². The van der Waals surface area contributed by atoms with Crippen LogP contribution in [0.3, 0.4) is 0 Å². The van der Waals surface area contributed by atoms with Crippen molar-refractivity contribution in [3.8, 4) is 0 Å². The topological polar surface area (TPSA) is 87.1 Å². The molecule has 1 amide bonds. The molecule has 1 atom stereocenters. The largest absolute Gasteiger partial charge is 0.507 e. The monoisotopic (exact) mass is 484 g/mol. The van der Waals surface area contributed by atoms with Gasteiger partial charge in [-0.05, 0) is 67.4 Å². The molecule has 0 aliphatic carbocycles. The van der Waals surface area contributed by atoms with Gasteiger partial charge in [0.05, 0.1) is 24.3 Å². The quantitative estimate of drug-likeness (QED) is 0.243. The number of Topliss-reactive ketones (excluding diaryl/α,β-unsaturated/α-hetero) is 1. The van der Waals surface area contributed by atoms with Gasteiger partial charge in [0.1, 0.15) is 5.76 Å². The van der Waals surface area contributed by atoms with E-state index >= 15 is 0 Å². The average Bonchev–Trinajstić information content (AvgIpc) is 3.14. The van der Waals surface area contributed by atoms with Crippen molar-refractivity contribution in [2.45, 2.75) is 19.9 Å². The van der Waals surface area contributed by atoms with E-state index in [4.69, 9.17) is 4.74 Å². The Morgan fingerprint density at radius 3 is 2.17 bits per heavy atom. The molecule has 7 heteroatoms. The first-order valence-electron chi connectivity index (χ1n) is 11.5. The summed E-state index contributed by atoms with van der Waals surface area (Å²) in [6.45, 7) is 3.74. The Bertz CT molecular complexity index is 1370. The van der Waals surface area contributed by atoms with Crippen LogP contribution in [0.15, 0.2) is 72.3 Å². The number of aliphatic hydroxyl groups is 1. The molecule has 0 aromatic heterocycles. The summed E-state index contributed by atoms with van der Waals surface area (Å²) >= 11 is 0. The molecule has 1 saturated heterocycles. The highest BCUT2D eigenvalue weighted by atomic mass is 16.5. The van der Waals surface area contributed by atoms with E-state index in [1.807, 2.05) is 69.2 Å². The summed E-state index contributed by atoms with van der Waals surface area (Å²) < 4.78 is 4.76. The van der Waals surface area contributed by atoms with Crippen molar-refractivity contribution in [2.24, 2.45) is 0 Å². The Morgan fingerprint density at radius 2 is 1.58 bits per heavy atom. The number of methoxy groups -OCH3 is 1. The van der Waals surface area contributed by atoms with Crippen molar-refractivity contribution in [3.63, 3.8) is 0 Å². The number of aryl methyl sites for hydroxylation is 2. The van der Waals surface area contributed by atoms with Crippen LogP contribution >= 0.6 is 0 Å². The lowest BCUT2D eigenvalue weighted by Gasteiger charge is -2.26. The zero-order valence-corrected chi connectivity index (χ0v) is 20.9. The fourth-order valence-electron chi connectivity index (χ4n) is 4.38. The lowest BCUT2D eigenvalue weighted by atomic mass is 9.93. The van der Waals surface area contributed by atoms with E-state index in [0.717, 1.165) is 16.8 Å². The highest BCUT2D eigenvalue weighted by molar-refractivity contribution is 6.51. The molecule has 0 bridgehead atoms. The maximum atomic E-state index is 13.4. The van der Waals surface area contributed by atoms with Crippen LogP contribution in [-0.4, -0.2) is 44.0 Å². The van der Waals surface area contributed by atoms with Gasteiger partial charge in [-0.3, -0.25) is 14.5 Å². The van der Waals surface area contributed by atoms with Gasteiger partial charge >= 0.3 is 5.97 Å². The highest BCUT2D eigenvalue weighted by Crippen LogP contribution is 2.43. The molecule has 4 rings (SSSR count). The molecule has 0 radical (unpaired) electrons. The van der Waals surface area contributed by atoms with E-state index in [1.165, 1.54) is 24.1 Å². The number of rotatable bonds is 5. The summed E-state index contributed by atoms with van der Waals surface area (Å²) in [5.41, 5.74) is 4.59. The first kappa shape index (κ1) is 24.7. The molecule has 1 aliphatic rings. The minimum absolute atomic E-state index is 0.0170.